The van der Waals surface area contributed by atoms with E-state index in [0.29, 0.717) is 23.8 Å². The van der Waals surface area contributed by atoms with Gasteiger partial charge < -0.3 is 10.1 Å². The number of rotatable bonds is 7. The number of hydrogen-bond acceptors (Lipinski definition) is 5. The molecule has 0 aliphatic heterocycles. The number of benzene rings is 1. The summed E-state index contributed by atoms with van der Waals surface area (Å²) < 4.78 is 7.56. The average molecular weight is 401 g/mol. The predicted octanol–water partition coefficient (Wildman–Crippen LogP) is 4.08. The molecule has 2 fully saturated rings. The monoisotopic (exact) mass is 400 g/mol. The Labute approximate surface area is 170 Å². The number of ether oxygens (including phenoxy) is 1. The summed E-state index contributed by atoms with van der Waals surface area (Å²) in [6, 6.07) is 8.72. The van der Waals surface area contributed by atoms with Crippen molar-refractivity contribution in [1.29, 1.82) is 0 Å². The van der Waals surface area contributed by atoms with Crippen molar-refractivity contribution in [2.45, 2.75) is 62.7 Å². The van der Waals surface area contributed by atoms with Crippen LogP contribution in [0.1, 0.15) is 51.5 Å². The zero-order valence-electron chi connectivity index (χ0n) is 16.6. The van der Waals surface area contributed by atoms with Gasteiger partial charge in [-0.25, -0.2) is 0 Å². The summed E-state index contributed by atoms with van der Waals surface area (Å²) in [5.74, 6) is 2.75. The Balaban J connectivity index is 1.60. The van der Waals surface area contributed by atoms with Crippen molar-refractivity contribution >= 4 is 17.7 Å². The van der Waals surface area contributed by atoms with Crippen LogP contribution < -0.4 is 10.1 Å². The fraction of sp³-hybridized carbons (Fsp3) is 0.571. The molecule has 6 nitrogen and oxygen atoms in total. The summed E-state index contributed by atoms with van der Waals surface area (Å²) >= 11 is 1.50. The normalized spacial score (nSPS) is 22.1. The second-order valence-corrected chi connectivity index (χ2v) is 8.81. The number of methoxy groups -OCH3 is 1. The Kier molecular flexibility index (Phi) is 5.90. The van der Waals surface area contributed by atoms with Crippen LogP contribution in [0.5, 0.6) is 5.75 Å². The third kappa shape index (κ3) is 4.35. The van der Waals surface area contributed by atoms with Crippen LogP contribution in [0.2, 0.25) is 0 Å². The third-order valence-corrected chi connectivity index (χ3v) is 6.63. The molecule has 1 heterocycles. The van der Waals surface area contributed by atoms with Crippen molar-refractivity contribution < 1.29 is 9.53 Å². The van der Waals surface area contributed by atoms with Crippen LogP contribution >= 0.6 is 11.8 Å². The SMILES string of the molecule is COc1ccc(-c2nnc(SCC(=O)NC3CC3)n2[C@H]2CCCC[C@H]2C)cc1. The molecule has 150 valence electrons. The lowest BCUT2D eigenvalue weighted by Gasteiger charge is -2.31. The van der Waals surface area contributed by atoms with Crippen LogP contribution in [-0.2, 0) is 4.79 Å². The molecule has 2 atom stereocenters. The quantitative estimate of drug-likeness (QED) is 0.710. The van der Waals surface area contributed by atoms with Crippen LogP contribution in [-0.4, -0.2) is 39.6 Å². The minimum Gasteiger partial charge on any atom is -0.497 e. The van der Waals surface area contributed by atoms with Gasteiger partial charge in [-0.05, 0) is 55.9 Å². The van der Waals surface area contributed by atoms with Crippen molar-refractivity contribution in [1.82, 2.24) is 20.1 Å². The molecule has 0 bridgehead atoms. The van der Waals surface area contributed by atoms with Gasteiger partial charge >= 0.3 is 0 Å². The number of carbonyl (C=O) groups excluding carboxylic acids is 1. The highest BCUT2D eigenvalue weighted by molar-refractivity contribution is 7.99. The van der Waals surface area contributed by atoms with Gasteiger partial charge in [0.1, 0.15) is 5.75 Å². The summed E-state index contributed by atoms with van der Waals surface area (Å²) in [4.78, 5) is 12.2. The molecule has 1 N–H and O–H groups in total. The van der Waals surface area contributed by atoms with E-state index < -0.39 is 0 Å². The first kappa shape index (κ1) is 19.3. The molecule has 0 spiro atoms. The molecule has 2 aliphatic rings. The van der Waals surface area contributed by atoms with Crippen LogP contribution in [0, 0.1) is 5.92 Å². The molecule has 1 amide bonds. The van der Waals surface area contributed by atoms with E-state index in [4.69, 9.17) is 4.74 Å². The van der Waals surface area contributed by atoms with E-state index in [1.807, 2.05) is 24.3 Å². The van der Waals surface area contributed by atoms with E-state index in [1.165, 1.54) is 31.0 Å². The maximum absolute atomic E-state index is 12.2. The fourth-order valence-electron chi connectivity index (χ4n) is 3.92. The smallest absolute Gasteiger partial charge is 0.230 e. The van der Waals surface area contributed by atoms with Crippen LogP contribution in [0.3, 0.4) is 0 Å². The van der Waals surface area contributed by atoms with Crippen molar-refractivity contribution in [3.63, 3.8) is 0 Å². The standard InChI is InChI=1S/C21H28N4O2S/c1-14-5-3-4-6-18(14)25-20(15-7-11-17(27-2)12-8-15)23-24-21(25)28-13-19(26)22-16-9-10-16/h7-8,11-12,14,16,18H,3-6,9-10,13H2,1-2H3,(H,22,26)/t14-,18+/m1/s1. The molecule has 0 saturated heterocycles. The number of hydrogen-bond donors (Lipinski definition) is 1. The summed E-state index contributed by atoms with van der Waals surface area (Å²) in [5.41, 5.74) is 1.03. The first-order chi connectivity index (χ1) is 13.7. The molecule has 7 heteroatoms. The topological polar surface area (TPSA) is 69.0 Å². The van der Waals surface area contributed by atoms with Crippen molar-refractivity contribution in [2.24, 2.45) is 5.92 Å². The van der Waals surface area contributed by atoms with Gasteiger partial charge in [-0.15, -0.1) is 10.2 Å². The molecule has 4 rings (SSSR count). The summed E-state index contributed by atoms with van der Waals surface area (Å²) in [6.07, 6.45) is 7.06. The zero-order chi connectivity index (χ0) is 19.5. The third-order valence-electron chi connectivity index (χ3n) is 5.69. The Bertz CT molecular complexity index is 816. The van der Waals surface area contributed by atoms with Crippen LogP contribution in [0.25, 0.3) is 11.4 Å². The van der Waals surface area contributed by atoms with E-state index in [9.17, 15) is 4.79 Å². The molecule has 2 aromatic rings. The van der Waals surface area contributed by atoms with Crippen molar-refractivity contribution in [3.8, 4) is 17.1 Å². The largest absolute Gasteiger partial charge is 0.497 e. The van der Waals surface area contributed by atoms with E-state index in [2.05, 4.69) is 27.0 Å². The lowest BCUT2D eigenvalue weighted by molar-refractivity contribution is -0.118. The van der Waals surface area contributed by atoms with Gasteiger partial charge in [0, 0.05) is 17.6 Å². The molecule has 0 radical (unpaired) electrons. The molecule has 2 saturated carbocycles. The maximum Gasteiger partial charge on any atom is 0.230 e. The lowest BCUT2D eigenvalue weighted by atomic mass is 9.85. The van der Waals surface area contributed by atoms with Crippen molar-refractivity contribution in [3.05, 3.63) is 24.3 Å². The summed E-state index contributed by atoms with van der Waals surface area (Å²) in [5, 5.41) is 12.9. The highest BCUT2D eigenvalue weighted by Gasteiger charge is 2.29. The maximum atomic E-state index is 12.2. The average Bonchev–Trinajstić information content (AvgIpc) is 3.43. The summed E-state index contributed by atoms with van der Waals surface area (Å²) in [7, 11) is 1.67. The second kappa shape index (κ2) is 8.55. The Morgan fingerprint density at radius 2 is 1.93 bits per heavy atom. The second-order valence-electron chi connectivity index (χ2n) is 7.86. The van der Waals surface area contributed by atoms with Gasteiger partial charge in [0.15, 0.2) is 11.0 Å². The first-order valence-electron chi connectivity index (χ1n) is 10.2. The lowest BCUT2D eigenvalue weighted by Crippen LogP contribution is -2.27. The number of nitrogens with one attached hydrogen (secondary N) is 1. The molecular formula is C21H28N4O2S. The number of amides is 1. The van der Waals surface area contributed by atoms with Crippen molar-refractivity contribution in [2.75, 3.05) is 12.9 Å². The van der Waals surface area contributed by atoms with Gasteiger partial charge in [-0.3, -0.25) is 9.36 Å². The van der Waals surface area contributed by atoms with Crippen LogP contribution in [0.15, 0.2) is 29.4 Å². The Morgan fingerprint density at radius 1 is 1.18 bits per heavy atom. The highest BCUT2D eigenvalue weighted by atomic mass is 32.2. The van der Waals surface area contributed by atoms with E-state index >= 15 is 0 Å². The molecule has 2 aliphatic carbocycles. The molecule has 28 heavy (non-hydrogen) atoms. The van der Waals surface area contributed by atoms with Gasteiger partial charge in [0.2, 0.25) is 5.91 Å². The Morgan fingerprint density at radius 3 is 2.61 bits per heavy atom. The van der Waals surface area contributed by atoms with Crippen LogP contribution in [0.4, 0.5) is 0 Å². The van der Waals surface area contributed by atoms with Gasteiger partial charge in [0.25, 0.3) is 0 Å². The van der Waals surface area contributed by atoms with Gasteiger partial charge in [0.05, 0.1) is 12.9 Å². The van der Waals surface area contributed by atoms with E-state index in [0.717, 1.165) is 41.6 Å². The first-order valence-corrected chi connectivity index (χ1v) is 11.2. The van der Waals surface area contributed by atoms with Gasteiger partial charge in [-0.2, -0.15) is 0 Å². The number of carbonyl (C=O) groups is 1. The number of aromatic nitrogens is 3. The number of thioether (sulfide) groups is 1. The minimum atomic E-state index is 0.0877. The fourth-order valence-corrected chi connectivity index (χ4v) is 4.72. The van der Waals surface area contributed by atoms with E-state index in [1.54, 1.807) is 7.11 Å². The minimum absolute atomic E-state index is 0.0877. The van der Waals surface area contributed by atoms with E-state index in [-0.39, 0.29) is 5.91 Å². The Hall–Kier alpha value is -2.02. The summed E-state index contributed by atoms with van der Waals surface area (Å²) in [6.45, 7) is 2.32. The molecule has 1 aromatic carbocycles. The molecule has 0 unspecified atom stereocenters. The molecule has 1 aromatic heterocycles. The molecular weight excluding hydrogens is 372 g/mol. The zero-order valence-corrected chi connectivity index (χ0v) is 17.4. The predicted molar refractivity (Wildman–Crippen MR) is 111 cm³/mol. The highest BCUT2D eigenvalue weighted by Crippen LogP contribution is 2.39. The van der Waals surface area contributed by atoms with Gasteiger partial charge in [-0.1, -0.05) is 31.5 Å². The number of nitrogens with zero attached hydrogens (tertiary/aromatic N) is 3.